The van der Waals surface area contributed by atoms with E-state index < -0.39 is 16.7 Å². The van der Waals surface area contributed by atoms with Gasteiger partial charge in [-0.05, 0) is 30.3 Å². The number of hydrogen-bond donors (Lipinski definition) is 2. The summed E-state index contributed by atoms with van der Waals surface area (Å²) in [5.74, 6) is -0.259. The molecule has 9 heteroatoms. The molecule has 4 aromatic rings. The Balaban J connectivity index is 1.93. The average Bonchev–Trinajstić information content (AvgIpc) is 3.07. The van der Waals surface area contributed by atoms with Crippen LogP contribution in [0.4, 0.5) is 24.5 Å². The van der Waals surface area contributed by atoms with Gasteiger partial charge in [-0.2, -0.15) is 13.2 Å². The Kier molecular flexibility index (Phi) is 4.94. The van der Waals surface area contributed by atoms with Crippen molar-refractivity contribution < 1.29 is 23.2 Å². The summed E-state index contributed by atoms with van der Waals surface area (Å²) in [4.78, 5) is 17.9. The maximum Gasteiger partial charge on any atom is 0.416 e. The van der Waals surface area contributed by atoms with E-state index in [4.69, 9.17) is 0 Å². The van der Waals surface area contributed by atoms with E-state index >= 15 is 0 Å². The maximum absolute atomic E-state index is 12.9. The predicted molar refractivity (Wildman–Crippen MR) is 110 cm³/mol. The molecule has 0 saturated carbocycles. The molecule has 0 amide bonds. The zero-order chi connectivity index (χ0) is 22.2. The number of aliphatic imine (C=N–C) groups is 1. The van der Waals surface area contributed by atoms with Gasteiger partial charge in [-0.15, -0.1) is 0 Å². The van der Waals surface area contributed by atoms with Crippen LogP contribution in [0.1, 0.15) is 16.7 Å². The van der Waals surface area contributed by atoms with Crippen molar-refractivity contribution in [3.8, 4) is 5.88 Å². The summed E-state index contributed by atoms with van der Waals surface area (Å²) in [6, 6.07) is 17.1. The number of nitro benzene ring substituents is 1. The highest BCUT2D eigenvalue weighted by Crippen LogP contribution is 2.34. The normalized spacial score (nSPS) is 12.3. The Morgan fingerprint density at radius 3 is 2.29 bits per heavy atom. The number of aromatic amines is 1. The van der Waals surface area contributed by atoms with Crippen LogP contribution in [0.2, 0.25) is 0 Å². The van der Waals surface area contributed by atoms with Crippen molar-refractivity contribution >= 4 is 28.0 Å². The first-order valence-corrected chi connectivity index (χ1v) is 9.05. The van der Waals surface area contributed by atoms with Gasteiger partial charge in [-0.3, -0.25) is 10.1 Å². The maximum atomic E-state index is 12.9. The molecule has 0 aliphatic rings. The van der Waals surface area contributed by atoms with E-state index in [-0.39, 0.29) is 28.5 Å². The molecule has 156 valence electrons. The third kappa shape index (κ3) is 3.97. The predicted octanol–water partition coefficient (Wildman–Crippen LogP) is 5.97. The van der Waals surface area contributed by atoms with Crippen LogP contribution >= 0.6 is 0 Å². The fourth-order valence-corrected chi connectivity index (χ4v) is 3.23. The molecular weight excluding hydrogens is 411 g/mol. The van der Waals surface area contributed by atoms with E-state index in [9.17, 15) is 28.4 Å². The lowest BCUT2D eigenvalue weighted by Crippen LogP contribution is -2.04. The second-order valence-corrected chi connectivity index (χ2v) is 6.71. The first-order valence-electron chi connectivity index (χ1n) is 9.05. The van der Waals surface area contributed by atoms with E-state index in [1.54, 1.807) is 30.3 Å². The fourth-order valence-electron chi connectivity index (χ4n) is 3.23. The van der Waals surface area contributed by atoms with E-state index in [2.05, 4.69) is 9.98 Å². The van der Waals surface area contributed by atoms with Gasteiger partial charge in [0.2, 0.25) is 0 Å². The van der Waals surface area contributed by atoms with Crippen LogP contribution in [0.25, 0.3) is 10.9 Å². The number of fused-ring (bicyclic) bond motifs is 1. The van der Waals surface area contributed by atoms with Gasteiger partial charge < -0.3 is 10.1 Å². The molecule has 2 N–H and O–H groups in total. The minimum Gasteiger partial charge on any atom is -0.494 e. The molecule has 0 fully saturated rings. The van der Waals surface area contributed by atoms with Crippen LogP contribution in [0.3, 0.4) is 0 Å². The summed E-state index contributed by atoms with van der Waals surface area (Å²) in [6.07, 6.45) is -4.47. The summed E-state index contributed by atoms with van der Waals surface area (Å²) in [5, 5.41) is 22.1. The molecule has 0 radical (unpaired) electrons. The number of non-ortho nitro benzene ring substituents is 1. The minimum absolute atomic E-state index is 0.172. The Hall–Kier alpha value is -4.14. The molecular formula is C22H14F3N3O3. The first kappa shape index (κ1) is 20.1. The van der Waals surface area contributed by atoms with Gasteiger partial charge in [0.05, 0.1) is 27.4 Å². The highest BCUT2D eigenvalue weighted by atomic mass is 19.4. The van der Waals surface area contributed by atoms with Crippen LogP contribution in [0, 0.1) is 10.1 Å². The lowest BCUT2D eigenvalue weighted by atomic mass is 10.0. The Morgan fingerprint density at radius 2 is 1.68 bits per heavy atom. The molecule has 0 aliphatic heterocycles. The van der Waals surface area contributed by atoms with Crippen molar-refractivity contribution in [2.75, 3.05) is 0 Å². The van der Waals surface area contributed by atoms with Gasteiger partial charge in [0.1, 0.15) is 0 Å². The molecule has 0 aliphatic carbocycles. The van der Waals surface area contributed by atoms with Crippen molar-refractivity contribution in [3.63, 3.8) is 0 Å². The van der Waals surface area contributed by atoms with Gasteiger partial charge in [0.15, 0.2) is 5.88 Å². The summed E-state index contributed by atoms with van der Waals surface area (Å²) in [5.41, 5.74) is 0.743. The zero-order valence-corrected chi connectivity index (χ0v) is 15.7. The third-order valence-electron chi connectivity index (χ3n) is 4.69. The van der Waals surface area contributed by atoms with Crippen molar-refractivity contribution in [1.82, 2.24) is 4.98 Å². The fraction of sp³-hybridized carbons (Fsp3) is 0.0455. The molecule has 3 aromatic carbocycles. The number of alkyl halides is 3. The summed E-state index contributed by atoms with van der Waals surface area (Å²) in [6.45, 7) is 0. The Labute approximate surface area is 173 Å². The molecule has 0 atom stereocenters. The highest BCUT2D eigenvalue weighted by Gasteiger charge is 2.30. The molecule has 0 unspecified atom stereocenters. The number of nitrogens with one attached hydrogen (secondary N) is 1. The van der Waals surface area contributed by atoms with Crippen LogP contribution in [-0.2, 0) is 6.18 Å². The zero-order valence-electron chi connectivity index (χ0n) is 15.7. The number of aromatic hydroxyl groups is 1. The van der Waals surface area contributed by atoms with Gasteiger partial charge in [0, 0.05) is 28.6 Å². The first-order chi connectivity index (χ1) is 14.7. The van der Waals surface area contributed by atoms with E-state index in [1.165, 1.54) is 30.3 Å². The number of halogens is 3. The topological polar surface area (TPSA) is 91.5 Å². The molecule has 6 nitrogen and oxygen atoms in total. The molecule has 0 saturated heterocycles. The summed E-state index contributed by atoms with van der Waals surface area (Å²) >= 11 is 0. The SMILES string of the molecule is O=[N+]([O-])c1ccc2[nH]c(O)c(C(=Nc3ccc(C(F)(F)F)cc3)c3ccccc3)c2c1. The number of nitro groups is 1. The van der Waals surface area contributed by atoms with Crippen molar-refractivity contribution in [1.29, 1.82) is 0 Å². The van der Waals surface area contributed by atoms with E-state index in [0.29, 0.717) is 16.5 Å². The largest absolute Gasteiger partial charge is 0.494 e. The monoisotopic (exact) mass is 425 g/mol. The highest BCUT2D eigenvalue weighted by molar-refractivity contribution is 6.22. The lowest BCUT2D eigenvalue weighted by molar-refractivity contribution is -0.384. The second-order valence-electron chi connectivity index (χ2n) is 6.71. The number of hydrogen-bond acceptors (Lipinski definition) is 4. The van der Waals surface area contributed by atoms with Gasteiger partial charge >= 0.3 is 6.18 Å². The van der Waals surface area contributed by atoms with Crippen LogP contribution in [0.5, 0.6) is 5.88 Å². The van der Waals surface area contributed by atoms with Gasteiger partial charge in [-0.1, -0.05) is 30.3 Å². The molecule has 1 aromatic heterocycles. The van der Waals surface area contributed by atoms with Gasteiger partial charge in [0.25, 0.3) is 5.69 Å². The smallest absolute Gasteiger partial charge is 0.416 e. The molecule has 0 bridgehead atoms. The van der Waals surface area contributed by atoms with E-state index in [1.807, 2.05) is 0 Å². The summed E-state index contributed by atoms with van der Waals surface area (Å²) < 4.78 is 38.6. The molecule has 0 spiro atoms. The van der Waals surface area contributed by atoms with E-state index in [0.717, 1.165) is 12.1 Å². The quantitative estimate of drug-likeness (QED) is 0.240. The molecule has 31 heavy (non-hydrogen) atoms. The third-order valence-corrected chi connectivity index (χ3v) is 4.69. The number of rotatable bonds is 4. The second kappa shape index (κ2) is 7.60. The van der Waals surface area contributed by atoms with Crippen LogP contribution in [0.15, 0.2) is 77.8 Å². The number of benzene rings is 3. The number of H-pyrrole nitrogens is 1. The van der Waals surface area contributed by atoms with Gasteiger partial charge in [-0.25, -0.2) is 4.99 Å². The lowest BCUT2D eigenvalue weighted by Gasteiger charge is -2.09. The Bertz CT molecular complexity index is 1290. The number of aromatic nitrogens is 1. The van der Waals surface area contributed by atoms with Crippen molar-refractivity contribution in [2.24, 2.45) is 4.99 Å². The standard InChI is InChI=1S/C22H14F3N3O3/c23-22(24,25)14-6-8-15(9-7-14)26-20(13-4-2-1-3-5-13)19-17-12-16(28(30)31)10-11-18(17)27-21(19)29/h1-12,27,29H. The van der Waals surface area contributed by atoms with Crippen LogP contribution < -0.4 is 0 Å². The molecule has 1 heterocycles. The molecule has 4 rings (SSSR count). The summed E-state index contributed by atoms with van der Waals surface area (Å²) in [7, 11) is 0. The Morgan fingerprint density at radius 1 is 1.00 bits per heavy atom. The van der Waals surface area contributed by atoms with Crippen molar-refractivity contribution in [2.45, 2.75) is 6.18 Å². The minimum atomic E-state index is -4.47. The van der Waals surface area contributed by atoms with Crippen LogP contribution in [-0.4, -0.2) is 20.7 Å². The van der Waals surface area contributed by atoms with Crippen molar-refractivity contribution in [3.05, 3.63) is 99.6 Å². The number of nitrogens with zero attached hydrogens (tertiary/aromatic N) is 2. The average molecular weight is 425 g/mol.